The van der Waals surface area contributed by atoms with Crippen LogP contribution in [0.4, 0.5) is 0 Å². The Hall–Kier alpha value is -0.530. The predicted octanol–water partition coefficient (Wildman–Crippen LogP) is 4.30. The highest BCUT2D eigenvalue weighted by molar-refractivity contribution is 9.10. The highest BCUT2D eigenvalue weighted by atomic mass is 79.9. The van der Waals surface area contributed by atoms with Gasteiger partial charge in [-0.25, -0.2) is 0 Å². The molecule has 0 radical (unpaired) electrons. The molecule has 0 aromatic heterocycles. The van der Waals surface area contributed by atoms with Crippen LogP contribution in [0.2, 0.25) is 0 Å². The monoisotopic (exact) mass is 242 g/mol. The van der Waals surface area contributed by atoms with Crippen molar-refractivity contribution in [3.8, 4) is 0 Å². The molecule has 0 amide bonds. The Kier molecular flexibility index (Phi) is 3.12. The Bertz CT molecular complexity index is 329. The lowest BCUT2D eigenvalue weighted by Gasteiger charge is -2.05. The van der Waals surface area contributed by atoms with E-state index in [1.807, 2.05) is 18.2 Å². The molecule has 0 saturated carbocycles. The first-order valence-corrected chi connectivity index (χ1v) is 4.59. The third-order valence-electron chi connectivity index (χ3n) is 1.54. The van der Waals surface area contributed by atoms with Gasteiger partial charge in [0.15, 0.2) is 0 Å². The Morgan fingerprint density at radius 3 is 2.58 bits per heavy atom. The summed E-state index contributed by atoms with van der Waals surface area (Å²) in [5.74, 6) is 0. The summed E-state index contributed by atoms with van der Waals surface area (Å²) in [5.41, 5.74) is 1.90. The number of hydrogen-bond donors (Lipinski definition) is 0. The molecule has 1 aromatic carbocycles. The lowest BCUT2D eigenvalue weighted by Crippen LogP contribution is -1.84. The predicted molar refractivity (Wildman–Crippen MR) is 59.1 cm³/mol. The molecule has 1 rings (SSSR count). The van der Waals surface area contributed by atoms with Crippen molar-refractivity contribution in [1.82, 2.24) is 0 Å². The van der Waals surface area contributed by atoms with E-state index in [0.29, 0.717) is 5.03 Å². The van der Waals surface area contributed by atoms with Gasteiger partial charge in [0.05, 0.1) is 0 Å². The van der Waals surface area contributed by atoms with Crippen molar-refractivity contribution in [3.63, 3.8) is 0 Å². The zero-order valence-electron chi connectivity index (χ0n) is 6.48. The van der Waals surface area contributed by atoms with Crippen LogP contribution < -0.4 is 0 Å². The Labute approximate surface area is 85.7 Å². The van der Waals surface area contributed by atoms with Gasteiger partial charge in [0, 0.05) is 15.1 Å². The zero-order valence-corrected chi connectivity index (χ0v) is 8.82. The van der Waals surface area contributed by atoms with E-state index in [0.717, 1.165) is 15.6 Å². The molecule has 0 aliphatic heterocycles. The summed E-state index contributed by atoms with van der Waals surface area (Å²) < 4.78 is 0.944. The van der Waals surface area contributed by atoms with Crippen LogP contribution in [0.15, 0.2) is 35.8 Å². The molecule has 0 heterocycles. The molecule has 1 aromatic rings. The number of rotatable bonds is 2. The van der Waals surface area contributed by atoms with Gasteiger partial charge in [-0.15, -0.1) is 0 Å². The fourth-order valence-electron chi connectivity index (χ4n) is 0.997. The van der Waals surface area contributed by atoms with E-state index >= 15 is 0 Å². The Morgan fingerprint density at radius 2 is 2.17 bits per heavy atom. The topological polar surface area (TPSA) is 0 Å². The van der Waals surface area contributed by atoms with Crippen LogP contribution in [0, 0.1) is 0 Å². The standard InChI is InChI=1S/C10H8BrCl/c1-3-8-5-4-6-9(11)10(8)7(2)12/h3-6H,1-2H2. The third-order valence-corrected chi connectivity index (χ3v) is 2.39. The fourth-order valence-corrected chi connectivity index (χ4v) is 1.94. The molecule has 0 atom stereocenters. The van der Waals surface area contributed by atoms with E-state index < -0.39 is 0 Å². The summed E-state index contributed by atoms with van der Waals surface area (Å²) in [4.78, 5) is 0. The smallest absolute Gasteiger partial charge is 0.0423 e. The summed E-state index contributed by atoms with van der Waals surface area (Å²) in [7, 11) is 0. The molecule has 0 N–H and O–H groups in total. The molecule has 12 heavy (non-hydrogen) atoms. The van der Waals surface area contributed by atoms with Crippen molar-refractivity contribution < 1.29 is 0 Å². The average Bonchev–Trinajstić information content (AvgIpc) is 2.03. The maximum absolute atomic E-state index is 5.82. The molecule has 0 fully saturated rings. The molecular weight excluding hydrogens is 235 g/mol. The number of benzene rings is 1. The summed E-state index contributed by atoms with van der Waals surface area (Å²) in [6.45, 7) is 7.38. The SMILES string of the molecule is C=Cc1cccc(Br)c1C(=C)Cl. The second kappa shape index (κ2) is 3.92. The molecular formula is C10H8BrCl. The van der Waals surface area contributed by atoms with Crippen molar-refractivity contribution in [1.29, 1.82) is 0 Å². The minimum absolute atomic E-state index is 0.525. The van der Waals surface area contributed by atoms with Gasteiger partial charge in [-0.1, -0.05) is 58.9 Å². The van der Waals surface area contributed by atoms with Gasteiger partial charge >= 0.3 is 0 Å². The molecule has 0 saturated heterocycles. The van der Waals surface area contributed by atoms with Crippen LogP contribution >= 0.6 is 27.5 Å². The summed E-state index contributed by atoms with van der Waals surface area (Å²) in [6, 6.07) is 5.81. The van der Waals surface area contributed by atoms with Crippen molar-refractivity contribution in [3.05, 3.63) is 47.0 Å². The van der Waals surface area contributed by atoms with Crippen LogP contribution in [0.25, 0.3) is 11.1 Å². The first-order chi connectivity index (χ1) is 5.66. The van der Waals surface area contributed by atoms with Crippen LogP contribution in [0.3, 0.4) is 0 Å². The maximum Gasteiger partial charge on any atom is 0.0423 e. The molecule has 0 aliphatic carbocycles. The molecule has 0 spiro atoms. The average molecular weight is 244 g/mol. The van der Waals surface area contributed by atoms with Gasteiger partial charge in [-0.3, -0.25) is 0 Å². The lowest BCUT2D eigenvalue weighted by molar-refractivity contribution is 1.56. The van der Waals surface area contributed by atoms with Crippen LogP contribution in [0.5, 0.6) is 0 Å². The summed E-state index contributed by atoms with van der Waals surface area (Å²) in [6.07, 6.45) is 1.76. The first kappa shape index (κ1) is 9.56. The van der Waals surface area contributed by atoms with Crippen molar-refractivity contribution in [2.45, 2.75) is 0 Å². The second-order valence-electron chi connectivity index (χ2n) is 2.31. The molecule has 0 bridgehead atoms. The van der Waals surface area contributed by atoms with Gasteiger partial charge in [0.1, 0.15) is 0 Å². The molecule has 0 aliphatic rings. The lowest BCUT2D eigenvalue weighted by atomic mass is 10.1. The van der Waals surface area contributed by atoms with Gasteiger partial charge in [0.25, 0.3) is 0 Å². The van der Waals surface area contributed by atoms with Gasteiger partial charge in [-0.05, 0) is 11.6 Å². The van der Waals surface area contributed by atoms with Gasteiger partial charge in [-0.2, -0.15) is 0 Å². The Balaban J connectivity index is 3.39. The summed E-state index contributed by atoms with van der Waals surface area (Å²) in [5, 5.41) is 0.525. The molecule has 0 unspecified atom stereocenters. The van der Waals surface area contributed by atoms with E-state index in [2.05, 4.69) is 29.1 Å². The van der Waals surface area contributed by atoms with Gasteiger partial charge in [0.2, 0.25) is 0 Å². The van der Waals surface area contributed by atoms with Crippen LogP contribution in [-0.4, -0.2) is 0 Å². The molecule has 2 heteroatoms. The molecule has 0 nitrogen and oxygen atoms in total. The maximum atomic E-state index is 5.82. The normalized spacial score (nSPS) is 9.50. The largest absolute Gasteiger partial charge is 0.0984 e. The minimum Gasteiger partial charge on any atom is -0.0984 e. The fraction of sp³-hybridized carbons (Fsp3) is 0. The first-order valence-electron chi connectivity index (χ1n) is 3.42. The summed E-state index contributed by atoms with van der Waals surface area (Å²) >= 11 is 9.22. The number of halogens is 2. The Morgan fingerprint density at radius 1 is 1.50 bits per heavy atom. The highest BCUT2D eigenvalue weighted by Crippen LogP contribution is 2.29. The molecule has 62 valence electrons. The van der Waals surface area contributed by atoms with E-state index in [9.17, 15) is 0 Å². The van der Waals surface area contributed by atoms with Crippen LogP contribution in [0.1, 0.15) is 11.1 Å². The second-order valence-corrected chi connectivity index (χ2v) is 3.62. The van der Waals surface area contributed by atoms with E-state index in [1.54, 1.807) is 6.08 Å². The van der Waals surface area contributed by atoms with E-state index in [4.69, 9.17) is 11.6 Å². The van der Waals surface area contributed by atoms with Crippen molar-refractivity contribution in [2.24, 2.45) is 0 Å². The zero-order chi connectivity index (χ0) is 9.14. The van der Waals surface area contributed by atoms with E-state index in [-0.39, 0.29) is 0 Å². The van der Waals surface area contributed by atoms with E-state index in [1.165, 1.54) is 0 Å². The quantitative estimate of drug-likeness (QED) is 0.726. The van der Waals surface area contributed by atoms with Crippen molar-refractivity contribution in [2.75, 3.05) is 0 Å². The van der Waals surface area contributed by atoms with Gasteiger partial charge < -0.3 is 0 Å². The van der Waals surface area contributed by atoms with Crippen molar-refractivity contribution >= 4 is 38.6 Å². The van der Waals surface area contributed by atoms with Crippen LogP contribution in [-0.2, 0) is 0 Å². The number of hydrogen-bond acceptors (Lipinski definition) is 0. The minimum atomic E-state index is 0.525. The highest BCUT2D eigenvalue weighted by Gasteiger charge is 2.04. The third kappa shape index (κ3) is 1.79.